The summed E-state index contributed by atoms with van der Waals surface area (Å²) in [5, 5.41) is 3.10. The van der Waals surface area contributed by atoms with Gasteiger partial charge in [0.2, 0.25) is 5.91 Å². The van der Waals surface area contributed by atoms with Crippen molar-refractivity contribution in [3.05, 3.63) is 53.1 Å². The van der Waals surface area contributed by atoms with Crippen molar-refractivity contribution in [1.29, 1.82) is 0 Å². The highest BCUT2D eigenvalue weighted by Gasteiger charge is 2.43. The molecular weight excluding hydrogens is 434 g/mol. The predicted molar refractivity (Wildman–Crippen MR) is 131 cm³/mol. The second-order valence-corrected chi connectivity index (χ2v) is 8.22. The van der Waals surface area contributed by atoms with Crippen molar-refractivity contribution in [2.45, 2.75) is 25.8 Å². The van der Waals surface area contributed by atoms with Crippen molar-refractivity contribution in [3.63, 3.8) is 0 Å². The van der Waals surface area contributed by atoms with Crippen LogP contribution in [0.4, 0.5) is 0 Å². The minimum atomic E-state index is -0.623. The van der Waals surface area contributed by atoms with Gasteiger partial charge in [-0.3, -0.25) is 9.59 Å². The Morgan fingerprint density at radius 2 is 1.62 bits per heavy atom. The molecular formula is C26H35N3O5. The predicted octanol–water partition coefficient (Wildman–Crippen LogP) is 3.08. The number of ether oxygens (including phenoxy) is 3. The van der Waals surface area contributed by atoms with Crippen molar-refractivity contribution < 1.29 is 23.8 Å². The number of carbonyl (C=O) groups excluding carboxylic acids is 2. The fraction of sp³-hybridized carbons (Fsp3) is 0.462. The first-order valence-corrected chi connectivity index (χ1v) is 11.6. The maximum atomic E-state index is 13.7. The van der Waals surface area contributed by atoms with E-state index in [-0.39, 0.29) is 11.8 Å². The number of nitrogens with zero attached hydrogens (tertiary/aromatic N) is 2. The number of nitrogens with one attached hydrogen (secondary N) is 1. The van der Waals surface area contributed by atoms with Gasteiger partial charge < -0.3 is 29.3 Å². The number of carbonyl (C=O) groups is 2. The van der Waals surface area contributed by atoms with E-state index < -0.39 is 12.0 Å². The Bertz CT molecular complexity index is 1000. The Labute approximate surface area is 201 Å². The van der Waals surface area contributed by atoms with E-state index in [9.17, 15) is 9.59 Å². The third-order valence-electron chi connectivity index (χ3n) is 6.54. The van der Waals surface area contributed by atoms with E-state index in [0.29, 0.717) is 34.9 Å². The van der Waals surface area contributed by atoms with Crippen LogP contribution in [0.1, 0.15) is 47.3 Å². The molecule has 2 atom stereocenters. The van der Waals surface area contributed by atoms with Crippen LogP contribution in [-0.2, 0) is 4.79 Å². The second-order valence-electron chi connectivity index (χ2n) is 8.22. The Morgan fingerprint density at radius 1 is 1.00 bits per heavy atom. The monoisotopic (exact) mass is 469 g/mol. The lowest BCUT2D eigenvalue weighted by molar-refractivity contribution is -0.124. The van der Waals surface area contributed by atoms with Crippen LogP contribution in [0.25, 0.3) is 0 Å². The highest BCUT2D eigenvalue weighted by molar-refractivity contribution is 6.02. The fourth-order valence-electron chi connectivity index (χ4n) is 4.54. The van der Waals surface area contributed by atoms with Crippen LogP contribution in [0, 0.1) is 0 Å². The second kappa shape index (κ2) is 11.2. The van der Waals surface area contributed by atoms with Crippen LogP contribution in [0.15, 0.2) is 36.4 Å². The van der Waals surface area contributed by atoms with Crippen LogP contribution in [-0.4, -0.2) is 76.2 Å². The summed E-state index contributed by atoms with van der Waals surface area (Å²) in [4.78, 5) is 31.0. The molecule has 8 nitrogen and oxygen atoms in total. The Hall–Kier alpha value is -3.26. The zero-order valence-corrected chi connectivity index (χ0v) is 20.9. The van der Waals surface area contributed by atoms with E-state index >= 15 is 0 Å². The van der Waals surface area contributed by atoms with Crippen molar-refractivity contribution in [2.75, 3.05) is 54.6 Å². The molecule has 0 unspecified atom stereocenters. The van der Waals surface area contributed by atoms with Gasteiger partial charge in [0.25, 0.3) is 5.91 Å². The molecule has 0 bridgehead atoms. The molecule has 3 rings (SSSR count). The smallest absolute Gasteiger partial charge is 0.254 e. The molecule has 0 saturated carbocycles. The van der Waals surface area contributed by atoms with Gasteiger partial charge in [-0.15, -0.1) is 0 Å². The highest BCUT2D eigenvalue weighted by Crippen LogP contribution is 2.45. The van der Waals surface area contributed by atoms with E-state index in [4.69, 9.17) is 14.2 Å². The molecule has 1 aliphatic rings. The molecule has 0 aliphatic carbocycles. The molecule has 0 radical (unpaired) electrons. The van der Waals surface area contributed by atoms with E-state index in [1.807, 2.05) is 24.3 Å². The van der Waals surface area contributed by atoms with E-state index in [0.717, 1.165) is 25.2 Å². The Morgan fingerprint density at radius 3 is 2.18 bits per heavy atom. The van der Waals surface area contributed by atoms with Crippen LogP contribution in [0.3, 0.4) is 0 Å². The number of likely N-dealkylation sites (N-methyl/N-ethyl adjacent to an activating group) is 2. The number of rotatable bonds is 10. The minimum absolute atomic E-state index is 0.138. The van der Waals surface area contributed by atoms with E-state index in [1.54, 1.807) is 38.3 Å². The Balaban J connectivity index is 2.06. The van der Waals surface area contributed by atoms with Crippen LogP contribution >= 0.6 is 0 Å². The van der Waals surface area contributed by atoms with Gasteiger partial charge in [0.05, 0.1) is 33.3 Å². The summed E-state index contributed by atoms with van der Waals surface area (Å²) in [6.45, 7) is 7.31. The van der Waals surface area contributed by atoms with Gasteiger partial charge in [-0.05, 0) is 48.5 Å². The molecule has 0 spiro atoms. The first-order valence-electron chi connectivity index (χ1n) is 11.6. The summed E-state index contributed by atoms with van der Waals surface area (Å²) in [7, 11) is 6.40. The SMILES string of the molecule is CCN(CC)CCNC(=O)[C@@H]1c2cc(OC)c(OC)cc2C(=O)N(C)[C@H]1c1ccc(OC)cc1. The summed E-state index contributed by atoms with van der Waals surface area (Å²) in [6, 6.07) is 10.4. The standard InChI is InChI=1S/C26H35N3O5/c1-7-29(8-2)14-13-27-25(30)23-19-15-21(33-5)22(34-6)16-20(19)26(31)28(3)24(23)17-9-11-18(32-4)12-10-17/h9-12,15-16,23-24H,7-8,13-14H2,1-6H3,(H,27,30)/t23-,24+/m1/s1. The summed E-state index contributed by atoms with van der Waals surface area (Å²) in [5.74, 6) is 0.701. The van der Waals surface area contributed by atoms with Crippen LogP contribution in [0.5, 0.6) is 17.2 Å². The number of benzene rings is 2. The van der Waals surface area contributed by atoms with Crippen molar-refractivity contribution in [2.24, 2.45) is 0 Å². The van der Waals surface area contributed by atoms with Crippen LogP contribution in [0.2, 0.25) is 0 Å². The first kappa shape index (κ1) is 25.4. The first-order chi connectivity index (χ1) is 16.4. The Kier molecular flexibility index (Phi) is 8.39. The van der Waals surface area contributed by atoms with Gasteiger partial charge in [-0.2, -0.15) is 0 Å². The number of methoxy groups -OCH3 is 3. The fourth-order valence-corrected chi connectivity index (χ4v) is 4.54. The number of hydrogen-bond donors (Lipinski definition) is 1. The molecule has 0 aromatic heterocycles. The zero-order chi connectivity index (χ0) is 24.8. The molecule has 1 aliphatic heterocycles. The van der Waals surface area contributed by atoms with Crippen molar-refractivity contribution >= 4 is 11.8 Å². The van der Waals surface area contributed by atoms with Gasteiger partial charge in [0.15, 0.2) is 11.5 Å². The van der Waals surface area contributed by atoms with E-state index in [2.05, 4.69) is 24.1 Å². The average molecular weight is 470 g/mol. The lowest BCUT2D eigenvalue weighted by Crippen LogP contribution is -2.46. The molecule has 184 valence electrons. The topological polar surface area (TPSA) is 80.3 Å². The number of hydrogen-bond acceptors (Lipinski definition) is 6. The highest BCUT2D eigenvalue weighted by atomic mass is 16.5. The molecule has 2 aromatic rings. The summed E-state index contributed by atoms with van der Waals surface area (Å²) >= 11 is 0. The van der Waals surface area contributed by atoms with Gasteiger partial charge in [0.1, 0.15) is 5.75 Å². The van der Waals surface area contributed by atoms with Gasteiger partial charge >= 0.3 is 0 Å². The lowest BCUT2D eigenvalue weighted by Gasteiger charge is -2.40. The minimum Gasteiger partial charge on any atom is -0.497 e. The molecule has 0 saturated heterocycles. The average Bonchev–Trinajstić information content (AvgIpc) is 2.87. The van der Waals surface area contributed by atoms with Gasteiger partial charge in [-0.1, -0.05) is 26.0 Å². The van der Waals surface area contributed by atoms with Crippen molar-refractivity contribution in [3.8, 4) is 17.2 Å². The number of fused-ring (bicyclic) bond motifs is 1. The normalized spacial score (nSPS) is 17.4. The molecule has 2 aromatic carbocycles. The molecule has 0 fully saturated rings. The maximum absolute atomic E-state index is 13.7. The number of amides is 2. The molecule has 2 amide bonds. The zero-order valence-electron chi connectivity index (χ0n) is 20.9. The molecule has 8 heteroatoms. The maximum Gasteiger partial charge on any atom is 0.254 e. The van der Waals surface area contributed by atoms with Crippen LogP contribution < -0.4 is 19.5 Å². The van der Waals surface area contributed by atoms with Gasteiger partial charge in [0, 0.05) is 25.7 Å². The summed E-state index contributed by atoms with van der Waals surface area (Å²) < 4.78 is 16.2. The molecule has 1 heterocycles. The lowest BCUT2D eigenvalue weighted by atomic mass is 9.79. The third-order valence-corrected chi connectivity index (χ3v) is 6.54. The van der Waals surface area contributed by atoms with E-state index in [1.165, 1.54) is 7.11 Å². The quantitative estimate of drug-likeness (QED) is 0.576. The molecule has 34 heavy (non-hydrogen) atoms. The molecule has 1 N–H and O–H groups in total. The van der Waals surface area contributed by atoms with Crippen molar-refractivity contribution in [1.82, 2.24) is 15.1 Å². The summed E-state index contributed by atoms with van der Waals surface area (Å²) in [5.41, 5.74) is 1.91. The third kappa shape index (κ3) is 4.97. The summed E-state index contributed by atoms with van der Waals surface area (Å²) in [6.07, 6.45) is 0. The largest absolute Gasteiger partial charge is 0.497 e. The van der Waals surface area contributed by atoms with Gasteiger partial charge in [-0.25, -0.2) is 0 Å².